The van der Waals surface area contributed by atoms with E-state index in [1.807, 2.05) is 90.7 Å². The fourth-order valence-corrected chi connectivity index (χ4v) is 5.65. The molecule has 1 atom stereocenters. The van der Waals surface area contributed by atoms with Crippen LogP contribution in [-0.2, 0) is 24.1 Å². The highest BCUT2D eigenvalue weighted by Crippen LogP contribution is 2.34. The highest BCUT2D eigenvalue weighted by atomic mass is 19.4. The summed E-state index contributed by atoms with van der Waals surface area (Å²) in [5.41, 5.74) is 1.52. The van der Waals surface area contributed by atoms with Crippen molar-refractivity contribution in [3.63, 3.8) is 0 Å². The lowest BCUT2D eigenvalue weighted by Gasteiger charge is -2.30. The highest BCUT2D eigenvalue weighted by Gasteiger charge is 2.35. The van der Waals surface area contributed by atoms with Gasteiger partial charge in [-0.25, -0.2) is 4.39 Å². The Morgan fingerprint density at radius 2 is 1.53 bits per heavy atom. The molecule has 5 aromatic rings. The van der Waals surface area contributed by atoms with E-state index in [0.29, 0.717) is 25.3 Å². The van der Waals surface area contributed by atoms with Gasteiger partial charge in [0.2, 0.25) is 0 Å². The van der Waals surface area contributed by atoms with Gasteiger partial charge in [0, 0.05) is 42.7 Å². The topological polar surface area (TPSA) is 54.7 Å². The van der Waals surface area contributed by atoms with Crippen molar-refractivity contribution in [1.29, 1.82) is 0 Å². The molecule has 234 valence electrons. The molecule has 1 heterocycles. The average Bonchev–Trinajstić information content (AvgIpc) is 3.42. The monoisotopic (exact) mass is 618 g/mol. The van der Waals surface area contributed by atoms with E-state index in [9.17, 15) is 23.1 Å². The largest absolute Gasteiger partial charge is 0.490 e. The smallest absolute Gasteiger partial charge is 0.419 e. The van der Waals surface area contributed by atoms with Crippen molar-refractivity contribution in [1.82, 2.24) is 9.47 Å². The van der Waals surface area contributed by atoms with Crippen LogP contribution in [-0.4, -0.2) is 39.7 Å². The van der Waals surface area contributed by atoms with E-state index in [1.165, 1.54) is 12.1 Å². The van der Waals surface area contributed by atoms with Gasteiger partial charge >= 0.3 is 12.1 Å². The number of benzene rings is 4. The quantitative estimate of drug-likeness (QED) is 0.135. The molecule has 5 rings (SSSR count). The predicted octanol–water partition coefficient (Wildman–Crippen LogP) is 8.38. The van der Waals surface area contributed by atoms with Crippen LogP contribution in [0.4, 0.5) is 17.6 Å². The van der Waals surface area contributed by atoms with Crippen molar-refractivity contribution >= 4 is 16.9 Å². The third-order valence-electron chi connectivity index (χ3n) is 7.88. The first kappa shape index (κ1) is 31.8. The maximum atomic E-state index is 15.2. The van der Waals surface area contributed by atoms with Crippen LogP contribution in [0.2, 0.25) is 0 Å². The first-order chi connectivity index (χ1) is 21.6. The van der Waals surface area contributed by atoms with Gasteiger partial charge in [0.25, 0.3) is 0 Å². The predicted molar refractivity (Wildman–Crippen MR) is 166 cm³/mol. The number of aliphatic carboxylic acids is 1. The number of hydrogen-bond acceptors (Lipinski definition) is 3. The van der Waals surface area contributed by atoms with Crippen molar-refractivity contribution in [2.75, 3.05) is 13.1 Å². The molecule has 1 unspecified atom stereocenters. The standard InChI is InChI=1S/C36H34F4N2O3/c1-25(45-33-17-9-16-32-29(33)19-21-42(32)24-34(43)44)18-20-41(22-28-14-8-15-31(35(28)37)36(38,39)40)23-30(26-10-4-2-5-11-26)27-12-6-3-7-13-27/h2-17,19,21,25,30H,18,20,22-24H2,1H3,(H,43,44). The molecule has 0 aliphatic carbocycles. The summed E-state index contributed by atoms with van der Waals surface area (Å²) in [7, 11) is 0. The zero-order valence-corrected chi connectivity index (χ0v) is 24.8. The molecular weight excluding hydrogens is 584 g/mol. The normalized spacial score (nSPS) is 12.6. The van der Waals surface area contributed by atoms with Crippen molar-refractivity contribution < 1.29 is 32.2 Å². The fourth-order valence-electron chi connectivity index (χ4n) is 5.65. The molecule has 9 heteroatoms. The van der Waals surface area contributed by atoms with Crippen LogP contribution in [0.5, 0.6) is 5.75 Å². The van der Waals surface area contributed by atoms with Crippen LogP contribution < -0.4 is 4.74 Å². The van der Waals surface area contributed by atoms with Crippen LogP contribution in [0.1, 0.15) is 41.5 Å². The van der Waals surface area contributed by atoms with E-state index in [0.717, 1.165) is 28.1 Å². The maximum absolute atomic E-state index is 15.2. The van der Waals surface area contributed by atoms with Crippen LogP contribution in [0.25, 0.3) is 10.9 Å². The number of aromatic nitrogens is 1. The van der Waals surface area contributed by atoms with Crippen molar-refractivity contribution in [2.45, 2.75) is 44.6 Å². The van der Waals surface area contributed by atoms with Gasteiger partial charge in [0.15, 0.2) is 0 Å². The molecule has 0 amide bonds. The fraction of sp³-hybridized carbons (Fsp3) is 0.250. The molecule has 5 nitrogen and oxygen atoms in total. The molecule has 0 saturated carbocycles. The van der Waals surface area contributed by atoms with Crippen LogP contribution in [0.3, 0.4) is 0 Å². The van der Waals surface area contributed by atoms with Gasteiger partial charge in [-0.3, -0.25) is 9.69 Å². The third kappa shape index (κ3) is 7.91. The third-order valence-corrected chi connectivity index (χ3v) is 7.88. The zero-order valence-electron chi connectivity index (χ0n) is 24.8. The molecule has 1 aromatic heterocycles. The van der Waals surface area contributed by atoms with Crippen LogP contribution >= 0.6 is 0 Å². The summed E-state index contributed by atoms with van der Waals surface area (Å²) in [6.07, 6.45) is -2.90. The first-order valence-corrected chi connectivity index (χ1v) is 14.7. The van der Waals surface area contributed by atoms with Crippen molar-refractivity contribution in [3.05, 3.63) is 137 Å². The Balaban J connectivity index is 1.40. The number of rotatable bonds is 13. The lowest BCUT2D eigenvalue weighted by molar-refractivity contribution is -0.140. The second kappa shape index (κ2) is 14.0. The molecule has 0 aliphatic heterocycles. The number of hydrogen-bond donors (Lipinski definition) is 1. The van der Waals surface area contributed by atoms with Gasteiger partial charge in [-0.2, -0.15) is 13.2 Å². The number of ether oxygens (including phenoxy) is 1. The number of carboxylic acids is 1. The van der Waals surface area contributed by atoms with E-state index in [2.05, 4.69) is 0 Å². The Bertz CT molecular complexity index is 1680. The second-order valence-corrected chi connectivity index (χ2v) is 11.1. The summed E-state index contributed by atoms with van der Waals surface area (Å²) in [6.45, 7) is 2.56. The van der Waals surface area contributed by atoms with E-state index in [4.69, 9.17) is 4.74 Å². The van der Waals surface area contributed by atoms with E-state index in [1.54, 1.807) is 16.8 Å². The van der Waals surface area contributed by atoms with Gasteiger partial charge in [-0.1, -0.05) is 78.9 Å². The number of nitrogens with zero attached hydrogens (tertiary/aromatic N) is 2. The molecule has 0 spiro atoms. The van der Waals surface area contributed by atoms with E-state index >= 15 is 4.39 Å². The number of carbonyl (C=O) groups is 1. The van der Waals surface area contributed by atoms with Gasteiger partial charge in [-0.05, 0) is 48.7 Å². The Morgan fingerprint density at radius 3 is 2.16 bits per heavy atom. The minimum absolute atomic E-state index is 0.0216. The molecule has 4 aromatic carbocycles. The molecule has 45 heavy (non-hydrogen) atoms. The van der Waals surface area contributed by atoms with Gasteiger partial charge < -0.3 is 14.4 Å². The molecule has 0 fully saturated rings. The minimum Gasteiger partial charge on any atom is -0.490 e. The van der Waals surface area contributed by atoms with Gasteiger partial charge in [-0.15, -0.1) is 0 Å². The van der Waals surface area contributed by atoms with Gasteiger partial charge in [0.05, 0.1) is 17.2 Å². The molecule has 0 saturated heterocycles. The number of carboxylic acid groups (broad SMARTS) is 1. The molecule has 0 radical (unpaired) electrons. The average molecular weight is 619 g/mol. The van der Waals surface area contributed by atoms with Crippen LogP contribution in [0, 0.1) is 5.82 Å². The molecule has 0 bridgehead atoms. The summed E-state index contributed by atoms with van der Waals surface area (Å²) in [4.78, 5) is 13.2. The second-order valence-electron chi connectivity index (χ2n) is 11.1. The summed E-state index contributed by atoms with van der Waals surface area (Å²) in [6, 6.07) is 30.4. The SMILES string of the molecule is CC(CCN(Cc1cccc(C(F)(F)F)c1F)CC(c1ccccc1)c1ccccc1)Oc1cccc2c1ccn2CC(=O)O. The first-order valence-electron chi connectivity index (χ1n) is 14.7. The summed E-state index contributed by atoms with van der Waals surface area (Å²) < 4.78 is 63.8. The molecular formula is C36H34F4N2O3. The maximum Gasteiger partial charge on any atom is 0.419 e. The highest BCUT2D eigenvalue weighted by molar-refractivity contribution is 5.87. The Labute approximate surface area is 259 Å². The number of fused-ring (bicyclic) bond motifs is 1. The minimum atomic E-state index is -4.80. The number of alkyl halides is 3. The zero-order chi connectivity index (χ0) is 32.0. The molecule has 1 N–H and O–H groups in total. The van der Waals surface area contributed by atoms with Crippen molar-refractivity contribution in [2.24, 2.45) is 0 Å². The van der Waals surface area contributed by atoms with E-state index < -0.39 is 23.5 Å². The summed E-state index contributed by atoms with van der Waals surface area (Å²) in [5, 5.41) is 10.0. The molecule has 0 aliphatic rings. The van der Waals surface area contributed by atoms with Crippen molar-refractivity contribution in [3.8, 4) is 5.75 Å². The van der Waals surface area contributed by atoms with E-state index in [-0.39, 0.29) is 30.7 Å². The lowest BCUT2D eigenvalue weighted by atomic mass is 9.90. The summed E-state index contributed by atoms with van der Waals surface area (Å²) >= 11 is 0. The summed E-state index contributed by atoms with van der Waals surface area (Å²) in [5.74, 6) is -1.71. The lowest BCUT2D eigenvalue weighted by Crippen LogP contribution is -2.32. The van der Waals surface area contributed by atoms with Crippen LogP contribution in [0.15, 0.2) is 109 Å². The Kier molecular flexibility index (Phi) is 9.88. The Morgan fingerprint density at radius 1 is 0.889 bits per heavy atom. The number of halogens is 4. The Hall–Kier alpha value is -4.63. The van der Waals surface area contributed by atoms with Gasteiger partial charge in [0.1, 0.15) is 18.1 Å².